The first-order valence-electron chi connectivity index (χ1n) is 5.99. The SMILES string of the molecule is Cc1sc(C(=O)NCCC(=O)NC2CC2)cc1N. The molecule has 0 radical (unpaired) electrons. The molecule has 2 amide bonds. The minimum Gasteiger partial charge on any atom is -0.398 e. The van der Waals surface area contributed by atoms with Gasteiger partial charge in [-0.15, -0.1) is 11.3 Å². The van der Waals surface area contributed by atoms with Crippen LogP contribution in [0.1, 0.15) is 33.8 Å². The number of anilines is 1. The lowest BCUT2D eigenvalue weighted by molar-refractivity contribution is -0.121. The molecule has 0 unspecified atom stereocenters. The van der Waals surface area contributed by atoms with E-state index in [2.05, 4.69) is 10.6 Å². The van der Waals surface area contributed by atoms with E-state index >= 15 is 0 Å². The zero-order valence-corrected chi connectivity index (χ0v) is 11.1. The lowest BCUT2D eigenvalue weighted by Gasteiger charge is -2.04. The van der Waals surface area contributed by atoms with E-state index in [4.69, 9.17) is 5.73 Å². The quantitative estimate of drug-likeness (QED) is 0.745. The molecule has 0 aromatic carbocycles. The number of nitrogens with one attached hydrogen (secondary N) is 2. The van der Waals surface area contributed by atoms with Crippen LogP contribution in [0, 0.1) is 6.92 Å². The fraction of sp³-hybridized carbons (Fsp3) is 0.500. The molecule has 5 nitrogen and oxygen atoms in total. The first-order valence-corrected chi connectivity index (χ1v) is 6.81. The minimum absolute atomic E-state index is 0.000302. The Morgan fingerprint density at radius 3 is 2.78 bits per heavy atom. The van der Waals surface area contributed by atoms with Gasteiger partial charge in [-0.2, -0.15) is 0 Å². The number of hydrogen-bond acceptors (Lipinski definition) is 4. The van der Waals surface area contributed by atoms with E-state index in [0.717, 1.165) is 17.7 Å². The van der Waals surface area contributed by atoms with Gasteiger partial charge in [0.25, 0.3) is 5.91 Å². The molecule has 2 rings (SSSR count). The number of rotatable bonds is 5. The highest BCUT2D eigenvalue weighted by Gasteiger charge is 2.22. The summed E-state index contributed by atoms with van der Waals surface area (Å²) in [5.41, 5.74) is 6.32. The molecule has 18 heavy (non-hydrogen) atoms. The largest absolute Gasteiger partial charge is 0.398 e. The normalized spacial score (nSPS) is 14.3. The molecule has 1 aromatic rings. The maximum Gasteiger partial charge on any atom is 0.261 e. The van der Waals surface area contributed by atoms with Crippen molar-refractivity contribution in [3.8, 4) is 0 Å². The smallest absolute Gasteiger partial charge is 0.261 e. The van der Waals surface area contributed by atoms with Crippen LogP contribution in [0.25, 0.3) is 0 Å². The Morgan fingerprint density at radius 2 is 2.22 bits per heavy atom. The number of carbonyl (C=O) groups excluding carboxylic acids is 2. The maximum atomic E-state index is 11.7. The molecular weight excluding hydrogens is 250 g/mol. The van der Waals surface area contributed by atoms with Gasteiger partial charge >= 0.3 is 0 Å². The van der Waals surface area contributed by atoms with Crippen molar-refractivity contribution >= 4 is 28.8 Å². The van der Waals surface area contributed by atoms with E-state index in [-0.39, 0.29) is 11.8 Å². The molecule has 0 bridgehead atoms. The van der Waals surface area contributed by atoms with Gasteiger partial charge in [0, 0.05) is 29.6 Å². The Balaban J connectivity index is 1.72. The monoisotopic (exact) mass is 267 g/mol. The van der Waals surface area contributed by atoms with E-state index in [1.54, 1.807) is 6.07 Å². The van der Waals surface area contributed by atoms with E-state index in [0.29, 0.717) is 29.6 Å². The lowest BCUT2D eigenvalue weighted by Crippen LogP contribution is -2.31. The number of nitrogens with two attached hydrogens (primary N) is 1. The summed E-state index contributed by atoms with van der Waals surface area (Å²) < 4.78 is 0. The van der Waals surface area contributed by atoms with Crippen LogP contribution in [0.3, 0.4) is 0 Å². The number of hydrogen-bond donors (Lipinski definition) is 3. The van der Waals surface area contributed by atoms with E-state index < -0.39 is 0 Å². The van der Waals surface area contributed by atoms with Crippen LogP contribution >= 0.6 is 11.3 Å². The van der Waals surface area contributed by atoms with Crippen LogP contribution in [0.2, 0.25) is 0 Å². The number of thiophene rings is 1. The first kappa shape index (κ1) is 12.9. The van der Waals surface area contributed by atoms with Crippen molar-refractivity contribution < 1.29 is 9.59 Å². The van der Waals surface area contributed by atoms with Gasteiger partial charge in [0.15, 0.2) is 0 Å². The van der Waals surface area contributed by atoms with Gasteiger partial charge in [0.1, 0.15) is 0 Å². The molecule has 98 valence electrons. The fourth-order valence-electron chi connectivity index (χ4n) is 1.51. The summed E-state index contributed by atoms with van der Waals surface area (Å²) in [6.45, 7) is 2.23. The van der Waals surface area contributed by atoms with Crippen LogP contribution in [0.15, 0.2) is 6.07 Å². The third-order valence-corrected chi connectivity index (χ3v) is 3.83. The molecule has 1 aromatic heterocycles. The lowest BCUT2D eigenvalue weighted by atomic mass is 10.3. The zero-order valence-electron chi connectivity index (χ0n) is 10.3. The average Bonchev–Trinajstić information content (AvgIpc) is 3.05. The topological polar surface area (TPSA) is 84.2 Å². The maximum absolute atomic E-state index is 11.7. The van der Waals surface area contributed by atoms with Gasteiger partial charge in [-0.3, -0.25) is 9.59 Å². The van der Waals surface area contributed by atoms with Crippen molar-refractivity contribution in [1.29, 1.82) is 0 Å². The summed E-state index contributed by atoms with van der Waals surface area (Å²) >= 11 is 1.36. The summed E-state index contributed by atoms with van der Waals surface area (Å²) in [5.74, 6) is -0.168. The molecule has 0 aliphatic heterocycles. The predicted molar refractivity (Wildman–Crippen MR) is 71.6 cm³/mol. The highest BCUT2D eigenvalue weighted by atomic mass is 32.1. The van der Waals surface area contributed by atoms with Crippen molar-refractivity contribution in [2.24, 2.45) is 0 Å². The second-order valence-corrected chi connectivity index (χ2v) is 5.73. The van der Waals surface area contributed by atoms with Gasteiger partial charge in [0.05, 0.1) is 4.88 Å². The molecule has 0 atom stereocenters. The van der Waals surface area contributed by atoms with Crippen molar-refractivity contribution in [2.45, 2.75) is 32.2 Å². The molecule has 1 aliphatic carbocycles. The van der Waals surface area contributed by atoms with Crippen molar-refractivity contribution in [3.63, 3.8) is 0 Å². The molecule has 0 spiro atoms. The van der Waals surface area contributed by atoms with E-state index in [1.807, 2.05) is 6.92 Å². The van der Waals surface area contributed by atoms with Crippen molar-refractivity contribution in [3.05, 3.63) is 15.8 Å². The van der Waals surface area contributed by atoms with Gasteiger partial charge in [-0.1, -0.05) is 0 Å². The van der Waals surface area contributed by atoms with Crippen LogP contribution < -0.4 is 16.4 Å². The third-order valence-electron chi connectivity index (χ3n) is 2.76. The average molecular weight is 267 g/mol. The Kier molecular flexibility index (Phi) is 3.86. The summed E-state index contributed by atoms with van der Waals surface area (Å²) in [4.78, 5) is 24.7. The number of carbonyl (C=O) groups is 2. The second kappa shape index (κ2) is 5.39. The summed E-state index contributed by atoms with van der Waals surface area (Å²) in [5, 5.41) is 5.59. The molecule has 1 fully saturated rings. The van der Waals surface area contributed by atoms with Crippen molar-refractivity contribution in [1.82, 2.24) is 10.6 Å². The first-order chi connectivity index (χ1) is 8.56. The molecule has 0 saturated heterocycles. The predicted octanol–water partition coefficient (Wildman–Crippen LogP) is 1.04. The Morgan fingerprint density at radius 1 is 1.50 bits per heavy atom. The van der Waals surface area contributed by atoms with Crippen LogP contribution in [0.4, 0.5) is 5.69 Å². The Bertz CT molecular complexity index is 446. The highest BCUT2D eigenvalue weighted by molar-refractivity contribution is 7.14. The summed E-state index contributed by atoms with van der Waals surface area (Å²) in [6, 6.07) is 2.03. The van der Waals surface area contributed by atoms with E-state index in [9.17, 15) is 9.59 Å². The summed E-state index contributed by atoms with van der Waals surface area (Å²) in [7, 11) is 0. The van der Waals surface area contributed by atoms with Crippen molar-refractivity contribution in [2.75, 3.05) is 12.3 Å². The van der Waals surface area contributed by atoms with Gasteiger partial charge in [-0.25, -0.2) is 0 Å². The number of aryl methyl sites for hydroxylation is 1. The minimum atomic E-state index is -0.168. The van der Waals surface area contributed by atoms with Crippen LogP contribution in [-0.2, 0) is 4.79 Å². The van der Waals surface area contributed by atoms with E-state index in [1.165, 1.54) is 11.3 Å². The number of nitrogen functional groups attached to an aromatic ring is 1. The highest BCUT2D eigenvalue weighted by Crippen LogP contribution is 2.23. The zero-order chi connectivity index (χ0) is 13.1. The Labute approximate surface area is 110 Å². The standard InChI is InChI=1S/C12H17N3O2S/c1-7-9(13)6-10(18-7)12(17)14-5-4-11(16)15-8-2-3-8/h6,8H,2-5,13H2,1H3,(H,14,17)(H,15,16). The summed E-state index contributed by atoms with van der Waals surface area (Å²) in [6.07, 6.45) is 2.47. The fourth-order valence-corrected chi connectivity index (χ4v) is 2.37. The number of amides is 2. The molecule has 1 aliphatic rings. The third kappa shape index (κ3) is 3.46. The van der Waals surface area contributed by atoms with Gasteiger partial charge < -0.3 is 16.4 Å². The molecule has 6 heteroatoms. The second-order valence-electron chi connectivity index (χ2n) is 4.47. The molecular formula is C12H17N3O2S. The van der Waals surface area contributed by atoms with Gasteiger partial charge in [0.2, 0.25) is 5.91 Å². The molecule has 1 saturated carbocycles. The molecule has 4 N–H and O–H groups in total. The van der Waals surface area contributed by atoms with Crippen LogP contribution in [0.5, 0.6) is 0 Å². The molecule has 1 heterocycles. The Hall–Kier alpha value is -1.56. The van der Waals surface area contributed by atoms with Gasteiger partial charge in [-0.05, 0) is 25.8 Å². The van der Waals surface area contributed by atoms with Crippen LogP contribution in [-0.4, -0.2) is 24.4 Å².